The molecule has 1 aliphatic heterocycles. The van der Waals surface area contributed by atoms with Crippen LogP contribution in [0.15, 0.2) is 0 Å². The first-order valence-corrected chi connectivity index (χ1v) is 8.35. The van der Waals surface area contributed by atoms with Crippen molar-refractivity contribution >= 4 is 22.6 Å². The smallest absolute Gasteiger partial charge is 0.280 e. The molecule has 0 amide bonds. The third kappa shape index (κ3) is 4.04. The Balaban J connectivity index is 0.00000180. The van der Waals surface area contributed by atoms with Gasteiger partial charge in [0.05, 0.1) is 0 Å². The molecule has 0 aromatic rings. The Bertz CT molecular complexity index is 388. The fourth-order valence-electron chi connectivity index (χ4n) is 3.21. The standard InChI is InChI=1S/C12H25N3O2S.ClH/c1-9(2)5-11(7-13)14-18(16,17)15-8-10-3-4-12(15)6-10;/h9-12,14H,3-8,13H2,1-2H3;1H. The lowest BCUT2D eigenvalue weighted by molar-refractivity contribution is 0.323. The van der Waals surface area contributed by atoms with Crippen LogP contribution in [0.3, 0.4) is 0 Å². The van der Waals surface area contributed by atoms with Gasteiger partial charge in [-0.25, -0.2) is 0 Å². The summed E-state index contributed by atoms with van der Waals surface area (Å²) < 4.78 is 29.1. The maximum atomic E-state index is 12.3. The van der Waals surface area contributed by atoms with E-state index in [-0.39, 0.29) is 24.5 Å². The molecule has 3 N–H and O–H groups in total. The maximum absolute atomic E-state index is 12.3. The summed E-state index contributed by atoms with van der Waals surface area (Å²) in [5.41, 5.74) is 5.66. The van der Waals surface area contributed by atoms with Crippen LogP contribution in [0.4, 0.5) is 0 Å². The van der Waals surface area contributed by atoms with Crippen molar-refractivity contribution in [3.05, 3.63) is 0 Å². The van der Waals surface area contributed by atoms with Gasteiger partial charge in [0.25, 0.3) is 10.2 Å². The Labute approximate surface area is 122 Å². The molecule has 5 nitrogen and oxygen atoms in total. The topological polar surface area (TPSA) is 75.4 Å². The van der Waals surface area contributed by atoms with Gasteiger partial charge < -0.3 is 5.73 Å². The van der Waals surface area contributed by atoms with Crippen LogP contribution in [-0.2, 0) is 10.2 Å². The van der Waals surface area contributed by atoms with Crippen LogP contribution in [0.25, 0.3) is 0 Å². The van der Waals surface area contributed by atoms with Crippen molar-refractivity contribution in [2.75, 3.05) is 13.1 Å². The van der Waals surface area contributed by atoms with Gasteiger partial charge in [0.15, 0.2) is 0 Å². The van der Waals surface area contributed by atoms with Crippen LogP contribution in [0.5, 0.6) is 0 Å². The highest BCUT2D eigenvalue weighted by Gasteiger charge is 2.44. The van der Waals surface area contributed by atoms with Crippen molar-refractivity contribution in [2.24, 2.45) is 17.6 Å². The van der Waals surface area contributed by atoms with Gasteiger partial charge in [-0.05, 0) is 37.5 Å². The molecule has 7 heteroatoms. The number of halogens is 1. The first-order valence-electron chi connectivity index (χ1n) is 6.91. The Kier molecular flexibility index (Phi) is 6.07. The average Bonchev–Trinajstić information content (AvgIpc) is 2.88. The van der Waals surface area contributed by atoms with Crippen molar-refractivity contribution in [2.45, 2.75) is 51.6 Å². The molecule has 2 fully saturated rings. The molecule has 2 bridgehead atoms. The molecule has 1 saturated carbocycles. The van der Waals surface area contributed by atoms with Crippen LogP contribution in [0.1, 0.15) is 39.5 Å². The number of nitrogens with one attached hydrogen (secondary N) is 1. The molecule has 0 aromatic carbocycles. The van der Waals surface area contributed by atoms with Crippen molar-refractivity contribution in [1.82, 2.24) is 9.03 Å². The average molecular weight is 312 g/mol. The summed E-state index contributed by atoms with van der Waals surface area (Å²) >= 11 is 0. The van der Waals surface area contributed by atoms with Gasteiger partial charge in [-0.2, -0.15) is 17.4 Å². The van der Waals surface area contributed by atoms with Crippen LogP contribution in [0.2, 0.25) is 0 Å². The molecular weight excluding hydrogens is 286 g/mol. The highest BCUT2D eigenvalue weighted by Crippen LogP contribution is 2.38. The van der Waals surface area contributed by atoms with Crippen molar-refractivity contribution in [3.63, 3.8) is 0 Å². The second-order valence-corrected chi connectivity index (χ2v) is 7.74. The van der Waals surface area contributed by atoms with Crippen molar-refractivity contribution in [1.29, 1.82) is 0 Å². The van der Waals surface area contributed by atoms with Crippen LogP contribution in [0, 0.1) is 11.8 Å². The molecule has 19 heavy (non-hydrogen) atoms. The van der Waals surface area contributed by atoms with E-state index in [0.29, 0.717) is 24.9 Å². The number of nitrogens with zero attached hydrogens (tertiary/aromatic N) is 1. The van der Waals surface area contributed by atoms with Gasteiger partial charge in [-0.15, -0.1) is 12.4 Å². The van der Waals surface area contributed by atoms with E-state index in [2.05, 4.69) is 18.6 Å². The molecule has 3 unspecified atom stereocenters. The SMILES string of the molecule is CC(C)CC(CN)NS(=O)(=O)N1CC2CCC1C2.Cl. The lowest BCUT2D eigenvalue weighted by Crippen LogP contribution is -2.50. The highest BCUT2D eigenvalue weighted by molar-refractivity contribution is 7.87. The highest BCUT2D eigenvalue weighted by atomic mass is 35.5. The molecule has 1 heterocycles. The van der Waals surface area contributed by atoms with E-state index in [9.17, 15) is 8.42 Å². The predicted molar refractivity (Wildman–Crippen MR) is 79.4 cm³/mol. The van der Waals surface area contributed by atoms with Gasteiger partial charge in [0, 0.05) is 25.2 Å². The summed E-state index contributed by atoms with van der Waals surface area (Å²) in [6.07, 6.45) is 4.03. The second-order valence-electron chi connectivity index (χ2n) is 6.09. The molecule has 1 aliphatic carbocycles. The summed E-state index contributed by atoms with van der Waals surface area (Å²) in [4.78, 5) is 0. The Morgan fingerprint density at radius 1 is 1.37 bits per heavy atom. The minimum absolute atomic E-state index is 0. The fraction of sp³-hybridized carbons (Fsp3) is 1.00. The van der Waals surface area contributed by atoms with Crippen molar-refractivity contribution < 1.29 is 8.42 Å². The van der Waals surface area contributed by atoms with Gasteiger partial charge in [0.2, 0.25) is 0 Å². The van der Waals surface area contributed by atoms with E-state index >= 15 is 0 Å². The minimum atomic E-state index is -3.34. The normalized spacial score (nSPS) is 28.6. The maximum Gasteiger partial charge on any atom is 0.280 e. The molecule has 0 spiro atoms. The number of hydrogen-bond acceptors (Lipinski definition) is 3. The monoisotopic (exact) mass is 311 g/mol. The van der Waals surface area contributed by atoms with E-state index < -0.39 is 10.2 Å². The lowest BCUT2D eigenvalue weighted by atomic mass is 10.1. The van der Waals surface area contributed by atoms with Gasteiger partial charge >= 0.3 is 0 Å². The summed E-state index contributed by atoms with van der Waals surface area (Å²) in [5, 5.41) is 0. The molecule has 0 radical (unpaired) electrons. The zero-order valence-corrected chi connectivity index (χ0v) is 13.3. The molecule has 2 rings (SSSR count). The number of nitrogens with two attached hydrogens (primary N) is 1. The molecule has 3 atom stereocenters. The van der Waals surface area contributed by atoms with E-state index in [4.69, 9.17) is 5.73 Å². The van der Waals surface area contributed by atoms with E-state index in [0.717, 1.165) is 19.3 Å². The second kappa shape index (κ2) is 6.72. The summed E-state index contributed by atoms with van der Waals surface area (Å²) in [5.74, 6) is 1.02. The van der Waals surface area contributed by atoms with Crippen LogP contribution in [-0.4, -0.2) is 37.9 Å². The number of fused-ring (bicyclic) bond motifs is 2. The van der Waals surface area contributed by atoms with Crippen molar-refractivity contribution in [3.8, 4) is 0 Å². The van der Waals surface area contributed by atoms with Crippen LogP contribution >= 0.6 is 12.4 Å². The molecule has 1 saturated heterocycles. The van der Waals surface area contributed by atoms with Gasteiger partial charge in [-0.3, -0.25) is 0 Å². The third-order valence-corrected chi connectivity index (χ3v) is 5.72. The lowest BCUT2D eigenvalue weighted by Gasteiger charge is -2.29. The fourth-order valence-corrected chi connectivity index (χ4v) is 4.95. The number of hydrogen-bond donors (Lipinski definition) is 2. The third-order valence-electron chi connectivity index (χ3n) is 4.02. The minimum Gasteiger partial charge on any atom is -0.329 e. The first-order chi connectivity index (χ1) is 8.42. The van der Waals surface area contributed by atoms with E-state index in [1.54, 1.807) is 4.31 Å². The van der Waals surface area contributed by atoms with Gasteiger partial charge in [-0.1, -0.05) is 13.8 Å². The summed E-state index contributed by atoms with van der Waals surface area (Å²) in [7, 11) is -3.34. The largest absolute Gasteiger partial charge is 0.329 e. The summed E-state index contributed by atoms with van der Waals surface area (Å²) in [6.45, 7) is 5.21. The zero-order chi connectivity index (χ0) is 13.3. The molecule has 2 aliphatic rings. The number of rotatable bonds is 6. The Morgan fingerprint density at radius 2 is 2.05 bits per heavy atom. The molecule has 114 valence electrons. The van der Waals surface area contributed by atoms with E-state index in [1.165, 1.54) is 6.42 Å². The Morgan fingerprint density at radius 3 is 2.47 bits per heavy atom. The quantitative estimate of drug-likeness (QED) is 0.771. The molecular formula is C12H26ClN3O2S. The zero-order valence-electron chi connectivity index (χ0n) is 11.7. The Hall–Kier alpha value is 0.120. The van der Waals surface area contributed by atoms with E-state index in [1.807, 2.05) is 0 Å². The summed E-state index contributed by atoms with van der Waals surface area (Å²) in [6, 6.07) is 0.0825. The first kappa shape index (κ1) is 17.2. The number of piperidine rings is 1. The van der Waals surface area contributed by atoms with Gasteiger partial charge in [0.1, 0.15) is 0 Å². The molecule has 0 aromatic heterocycles. The predicted octanol–water partition coefficient (Wildman–Crippen LogP) is 1.10. The van der Waals surface area contributed by atoms with Crippen LogP contribution < -0.4 is 10.5 Å².